The van der Waals surface area contributed by atoms with Crippen LogP contribution in [0.5, 0.6) is 0 Å². The van der Waals surface area contributed by atoms with Crippen LogP contribution in [0.15, 0.2) is 30.3 Å². The Labute approximate surface area is 98.6 Å². The van der Waals surface area contributed by atoms with E-state index in [2.05, 4.69) is 0 Å². The van der Waals surface area contributed by atoms with Crippen molar-refractivity contribution in [3.05, 3.63) is 35.9 Å². The van der Waals surface area contributed by atoms with Crippen LogP contribution < -0.4 is 0 Å². The molecule has 0 bridgehead atoms. The maximum Gasteiger partial charge on any atom is 0.338 e. The molecule has 1 aromatic rings. The van der Waals surface area contributed by atoms with Gasteiger partial charge in [-0.25, -0.2) is 4.79 Å². The molecule has 0 amide bonds. The third-order valence-electron chi connectivity index (χ3n) is 2.64. The molecule has 0 unspecified atom stereocenters. The molecular formula is C12H14O5. The molecule has 1 fully saturated rings. The lowest BCUT2D eigenvalue weighted by atomic mass is 10.1. The van der Waals surface area contributed by atoms with E-state index in [1.165, 1.54) is 0 Å². The van der Waals surface area contributed by atoms with E-state index >= 15 is 0 Å². The predicted molar refractivity (Wildman–Crippen MR) is 58.5 cm³/mol. The van der Waals surface area contributed by atoms with Crippen molar-refractivity contribution in [1.29, 1.82) is 0 Å². The molecule has 1 aliphatic heterocycles. The minimum Gasteiger partial charge on any atom is -0.459 e. The second-order valence-electron chi connectivity index (χ2n) is 3.89. The zero-order chi connectivity index (χ0) is 12.3. The van der Waals surface area contributed by atoms with Gasteiger partial charge in [0.2, 0.25) is 0 Å². The summed E-state index contributed by atoms with van der Waals surface area (Å²) in [5, 5.41) is 18.7. The first-order valence-electron chi connectivity index (χ1n) is 5.38. The van der Waals surface area contributed by atoms with E-state index < -0.39 is 24.3 Å². The van der Waals surface area contributed by atoms with Crippen LogP contribution in [0.4, 0.5) is 0 Å². The van der Waals surface area contributed by atoms with Gasteiger partial charge in [0.25, 0.3) is 0 Å². The van der Waals surface area contributed by atoms with Gasteiger partial charge in [0, 0.05) is 0 Å². The van der Waals surface area contributed by atoms with Crippen molar-refractivity contribution in [1.82, 2.24) is 0 Å². The van der Waals surface area contributed by atoms with Crippen LogP contribution in [0.1, 0.15) is 10.4 Å². The highest BCUT2D eigenvalue weighted by atomic mass is 16.6. The topological polar surface area (TPSA) is 76.0 Å². The molecule has 0 aromatic heterocycles. The van der Waals surface area contributed by atoms with Crippen LogP contribution >= 0.6 is 0 Å². The Morgan fingerprint density at radius 3 is 2.65 bits per heavy atom. The number of esters is 1. The van der Waals surface area contributed by atoms with E-state index in [0.29, 0.717) is 5.56 Å². The quantitative estimate of drug-likeness (QED) is 0.723. The van der Waals surface area contributed by atoms with Crippen molar-refractivity contribution in [2.45, 2.75) is 18.3 Å². The molecule has 17 heavy (non-hydrogen) atoms. The van der Waals surface area contributed by atoms with E-state index in [4.69, 9.17) is 9.47 Å². The van der Waals surface area contributed by atoms with Gasteiger partial charge in [-0.1, -0.05) is 18.2 Å². The summed E-state index contributed by atoms with van der Waals surface area (Å²) in [5.74, 6) is -0.470. The van der Waals surface area contributed by atoms with Crippen molar-refractivity contribution in [3.63, 3.8) is 0 Å². The number of aliphatic hydroxyl groups is 2. The van der Waals surface area contributed by atoms with Gasteiger partial charge in [-0.15, -0.1) is 0 Å². The SMILES string of the molecule is O=C(OC[C@H]1OC[C@@H](O)[C@@H]1O)c1ccccc1. The lowest BCUT2D eigenvalue weighted by Crippen LogP contribution is -2.33. The van der Waals surface area contributed by atoms with Crippen molar-refractivity contribution in [3.8, 4) is 0 Å². The zero-order valence-electron chi connectivity index (χ0n) is 9.15. The lowest BCUT2D eigenvalue weighted by molar-refractivity contribution is -0.0204. The summed E-state index contributed by atoms with van der Waals surface area (Å²) in [5.41, 5.74) is 0.445. The molecule has 1 aliphatic rings. The third kappa shape index (κ3) is 2.82. The molecule has 92 valence electrons. The number of rotatable bonds is 3. The molecule has 0 saturated carbocycles. The Hall–Kier alpha value is -1.43. The minimum atomic E-state index is -1.00. The van der Waals surface area contributed by atoms with Crippen LogP contribution in [0.2, 0.25) is 0 Å². The van der Waals surface area contributed by atoms with Crippen LogP contribution in [0.25, 0.3) is 0 Å². The molecule has 5 heteroatoms. The standard InChI is InChI=1S/C12H14O5/c13-9-6-16-10(11(9)14)7-17-12(15)8-4-2-1-3-5-8/h1-5,9-11,13-14H,6-7H2/t9-,10-,11+/m1/s1. The summed E-state index contributed by atoms with van der Waals surface area (Å²) >= 11 is 0. The molecule has 1 aromatic carbocycles. The van der Waals surface area contributed by atoms with Gasteiger partial charge >= 0.3 is 5.97 Å². The molecule has 0 spiro atoms. The fraction of sp³-hybridized carbons (Fsp3) is 0.417. The lowest BCUT2D eigenvalue weighted by Gasteiger charge is -2.14. The van der Waals surface area contributed by atoms with Gasteiger partial charge < -0.3 is 19.7 Å². The third-order valence-corrected chi connectivity index (χ3v) is 2.64. The van der Waals surface area contributed by atoms with Crippen molar-refractivity contribution in [2.75, 3.05) is 13.2 Å². The summed E-state index contributed by atoms with van der Waals surface area (Å²) in [6.45, 7) is 0.000670. The summed E-state index contributed by atoms with van der Waals surface area (Å²) in [6, 6.07) is 8.56. The van der Waals surface area contributed by atoms with Gasteiger partial charge in [-0.2, -0.15) is 0 Å². The molecule has 3 atom stereocenters. The van der Waals surface area contributed by atoms with Crippen LogP contribution in [-0.4, -0.2) is 47.7 Å². The van der Waals surface area contributed by atoms with E-state index in [1.54, 1.807) is 30.3 Å². The van der Waals surface area contributed by atoms with Crippen LogP contribution in [-0.2, 0) is 9.47 Å². The molecule has 1 heterocycles. The summed E-state index contributed by atoms with van der Waals surface area (Å²) in [6.07, 6.45) is -2.56. The second-order valence-corrected chi connectivity index (χ2v) is 3.89. The van der Waals surface area contributed by atoms with E-state index in [9.17, 15) is 15.0 Å². The largest absolute Gasteiger partial charge is 0.459 e. The Bertz CT molecular complexity index is 378. The fourth-order valence-corrected chi connectivity index (χ4v) is 1.63. The van der Waals surface area contributed by atoms with E-state index in [1.807, 2.05) is 0 Å². The van der Waals surface area contributed by atoms with Crippen LogP contribution in [0, 0.1) is 0 Å². The average Bonchev–Trinajstić information content (AvgIpc) is 2.68. The van der Waals surface area contributed by atoms with E-state index in [0.717, 1.165) is 0 Å². The number of ether oxygens (including phenoxy) is 2. The Morgan fingerprint density at radius 2 is 2.06 bits per heavy atom. The molecule has 5 nitrogen and oxygen atoms in total. The number of hydrogen-bond donors (Lipinski definition) is 2. The van der Waals surface area contributed by atoms with Gasteiger partial charge in [0.05, 0.1) is 12.2 Å². The summed E-state index contributed by atoms with van der Waals surface area (Å²) < 4.78 is 10.1. The molecule has 2 N–H and O–H groups in total. The Kier molecular flexibility index (Phi) is 3.73. The van der Waals surface area contributed by atoms with E-state index in [-0.39, 0.29) is 13.2 Å². The zero-order valence-corrected chi connectivity index (χ0v) is 9.15. The predicted octanol–water partition coefficient (Wildman–Crippen LogP) is -0.0360. The number of hydrogen-bond acceptors (Lipinski definition) is 5. The number of carbonyl (C=O) groups excluding carboxylic acids is 1. The van der Waals surface area contributed by atoms with Gasteiger partial charge in [-0.05, 0) is 12.1 Å². The van der Waals surface area contributed by atoms with Gasteiger partial charge in [0.15, 0.2) is 0 Å². The van der Waals surface area contributed by atoms with Crippen molar-refractivity contribution < 1.29 is 24.5 Å². The molecular weight excluding hydrogens is 224 g/mol. The monoisotopic (exact) mass is 238 g/mol. The smallest absolute Gasteiger partial charge is 0.338 e. The van der Waals surface area contributed by atoms with Crippen molar-refractivity contribution >= 4 is 5.97 Å². The first-order valence-corrected chi connectivity index (χ1v) is 5.38. The highest BCUT2D eigenvalue weighted by Gasteiger charge is 2.35. The van der Waals surface area contributed by atoms with Gasteiger partial charge in [0.1, 0.15) is 24.9 Å². The Balaban J connectivity index is 1.85. The number of benzene rings is 1. The maximum atomic E-state index is 11.6. The molecule has 1 saturated heterocycles. The first-order chi connectivity index (χ1) is 8.18. The average molecular weight is 238 g/mol. The normalized spacial score (nSPS) is 28.0. The summed E-state index contributed by atoms with van der Waals surface area (Å²) in [4.78, 5) is 11.6. The van der Waals surface area contributed by atoms with Crippen molar-refractivity contribution in [2.24, 2.45) is 0 Å². The fourth-order valence-electron chi connectivity index (χ4n) is 1.63. The van der Waals surface area contributed by atoms with Crippen LogP contribution in [0.3, 0.4) is 0 Å². The Morgan fingerprint density at radius 1 is 1.35 bits per heavy atom. The number of aliphatic hydroxyl groups excluding tert-OH is 2. The number of carbonyl (C=O) groups is 1. The minimum absolute atomic E-state index is 0.0635. The first kappa shape index (κ1) is 12.0. The molecule has 0 radical (unpaired) electrons. The van der Waals surface area contributed by atoms with Gasteiger partial charge in [-0.3, -0.25) is 0 Å². The second kappa shape index (κ2) is 5.27. The molecule has 0 aliphatic carbocycles. The highest BCUT2D eigenvalue weighted by Crippen LogP contribution is 2.15. The molecule has 2 rings (SSSR count). The maximum absolute atomic E-state index is 11.6. The highest BCUT2D eigenvalue weighted by molar-refractivity contribution is 5.89. The summed E-state index contributed by atoms with van der Waals surface area (Å²) in [7, 11) is 0.